The Morgan fingerprint density at radius 3 is 1.30 bits per heavy atom. The van der Waals surface area contributed by atoms with E-state index >= 15 is 28.8 Å². The average Bonchev–Trinajstić information content (AvgIpc) is 1.64. The van der Waals surface area contributed by atoms with Crippen molar-refractivity contribution in [2.75, 3.05) is 27.2 Å². The number of Topliss-reactive ketones (excluding diaryl/α,β-unsaturated/α-hetero) is 1. The molecule has 0 aliphatic carbocycles. The molecule has 8 heterocycles. The molecule has 32 nitrogen and oxygen atoms in total. The quantitative estimate of drug-likeness (QED) is 0.0529. The standard InChI is InChI=1S/C95H120N16O16/c1-56(106(18)89(121)126-94(12,13)14)81(113)100-79(91(3,4)5)86(118)108-52-70-47-76(108)84(116)98-74(44-60-28-34-62-24-20-22-26-64(62)41-60)78(112)46-66(88(120)125-93(9,10)11)40-58-30-36-72(37-31-58)123-54-68-51-111(105-102-68)71-48-77(109(53-71)87(119)80(92(6,7)8)101-82(114)57(2)107(19)90(122)127-95(15,16)17)85(117)99-75(45-61-29-35-63-25-21-23-27-65(63)42-61)83(115)97-67(49-96)43-59-32-38-73(39-33-59)124-55-69-50-110(70)104-103-69/h20-39,41-42,50-51,56-57,66-67,70-71,74-77,79-80H,40,43-48,52-55H2,1-19H3,(H,97,115)(H,98,116)(H,99,117)(H,100,113)(H,101,114)/t56-,57-,66+,67-,70-,71-,74-,75-,76-,77-,79+,80+/m0/s1. The molecule has 12 atom stereocenters. The van der Waals surface area contributed by atoms with Crippen molar-refractivity contribution in [3.8, 4) is 17.6 Å². The molecule has 2 saturated heterocycles. The largest absolute Gasteiger partial charge is 0.487 e. The van der Waals surface area contributed by atoms with Gasteiger partial charge in [0.25, 0.3) is 0 Å². The predicted octanol–water partition coefficient (Wildman–Crippen LogP) is 10.4. The lowest BCUT2D eigenvalue weighted by molar-refractivity contribution is -0.161. The van der Waals surface area contributed by atoms with Crippen LogP contribution in [0.1, 0.15) is 183 Å². The van der Waals surface area contributed by atoms with Gasteiger partial charge in [0.1, 0.15) is 101 Å². The molecular formula is C95H120N16O16. The van der Waals surface area contributed by atoms with Crippen LogP contribution < -0.4 is 36.1 Å². The van der Waals surface area contributed by atoms with Crippen LogP contribution >= 0.6 is 0 Å². The van der Waals surface area contributed by atoms with E-state index in [1.165, 1.54) is 47.1 Å². The third-order valence-electron chi connectivity index (χ3n) is 22.7. The van der Waals surface area contributed by atoms with Gasteiger partial charge in [0.2, 0.25) is 41.4 Å². The molecule has 12 bridgehead atoms. The van der Waals surface area contributed by atoms with Crippen LogP contribution in [0.2, 0.25) is 0 Å². The lowest BCUT2D eigenvalue weighted by Crippen LogP contribution is -2.61. The van der Waals surface area contributed by atoms with E-state index in [-0.39, 0.29) is 64.8 Å². The number of benzene rings is 6. The van der Waals surface area contributed by atoms with Gasteiger partial charge in [0.15, 0.2) is 5.78 Å². The first-order chi connectivity index (χ1) is 59.6. The zero-order chi connectivity index (χ0) is 92.5. The Labute approximate surface area is 741 Å². The molecule has 8 aromatic rings. The van der Waals surface area contributed by atoms with Crippen molar-refractivity contribution in [1.29, 1.82) is 5.26 Å². The highest BCUT2D eigenvalue weighted by molar-refractivity contribution is 5.99. The highest BCUT2D eigenvalue weighted by Gasteiger charge is 2.50. The van der Waals surface area contributed by atoms with E-state index in [9.17, 15) is 29.2 Å². The van der Waals surface area contributed by atoms with Gasteiger partial charge in [-0.05, 0) is 168 Å². The summed E-state index contributed by atoms with van der Waals surface area (Å²) in [7, 11) is 2.83. The minimum Gasteiger partial charge on any atom is -0.487 e. The number of hydrogen-bond acceptors (Lipinski definition) is 21. The smallest absolute Gasteiger partial charge is 0.410 e. The van der Waals surface area contributed by atoms with Crippen LogP contribution in [0, 0.1) is 28.1 Å². The molecule has 0 unspecified atom stereocenters. The second-order valence-corrected chi connectivity index (χ2v) is 38.6. The van der Waals surface area contributed by atoms with E-state index in [0.29, 0.717) is 45.1 Å². The van der Waals surface area contributed by atoms with Crippen molar-refractivity contribution in [2.45, 2.75) is 259 Å². The molecule has 0 saturated carbocycles. The maximum absolute atomic E-state index is 15.7. The third-order valence-corrected chi connectivity index (χ3v) is 22.7. The molecule has 6 aliphatic heterocycles. The highest BCUT2D eigenvalue weighted by Crippen LogP contribution is 2.36. The summed E-state index contributed by atoms with van der Waals surface area (Å²) in [5.74, 6) is -6.31. The summed E-state index contributed by atoms with van der Waals surface area (Å²) in [6.45, 7) is 28.4. The second kappa shape index (κ2) is 39.4. The fourth-order valence-corrected chi connectivity index (χ4v) is 15.5. The van der Waals surface area contributed by atoms with Crippen molar-refractivity contribution in [3.63, 3.8) is 0 Å². The number of nitrogens with one attached hydrogen (secondary N) is 5. The Morgan fingerprint density at radius 2 is 0.898 bits per heavy atom. The topological polar surface area (TPSA) is 392 Å². The van der Waals surface area contributed by atoms with Crippen molar-refractivity contribution in [3.05, 3.63) is 179 Å². The van der Waals surface area contributed by atoms with Crippen molar-refractivity contribution in [1.82, 2.24) is 76.2 Å². The zero-order valence-electron chi connectivity index (χ0n) is 76.0. The van der Waals surface area contributed by atoms with Crippen molar-refractivity contribution in [2.24, 2.45) is 16.7 Å². The molecular weight excluding hydrogens is 1620 g/mol. The summed E-state index contributed by atoms with van der Waals surface area (Å²) in [6.07, 6.45) is 1.09. The van der Waals surface area contributed by atoms with Crippen LogP contribution in [-0.2, 0) is 96.3 Å². The molecule has 676 valence electrons. The Balaban J connectivity index is 0.938. The SMILES string of the molecule is C[C@@H](C(=O)N[C@H](C(=O)N1C[C@@H]2C[C@H]1C(=O)N[C@@H](Cc1ccc3ccccc3c1)C(=O)C[C@H](C(=O)OC(C)(C)C)Cc1ccc(cc1)OCc1cn(nn1)[C@H]1C[C@@H](C(=O)N[C@@H](Cc3ccc4ccccc4c3)C(=O)N[C@H](C#N)Cc3ccc(cc3)OCc3cn2nn3)N(C(=O)[C@@H](NC(=O)[C@H](C)N(C)C(=O)OC(C)(C)C)C(C)(C)C)C1)C(C)(C)C)N(C)C(=O)OC(C)(C)C. The number of nitriles is 1. The Hall–Kier alpha value is -12.8. The van der Waals surface area contributed by atoms with Crippen LogP contribution in [0.25, 0.3) is 21.5 Å². The highest BCUT2D eigenvalue weighted by atomic mass is 16.6. The van der Waals surface area contributed by atoms with E-state index in [4.69, 9.17) is 23.7 Å². The van der Waals surface area contributed by atoms with Crippen LogP contribution in [0.5, 0.6) is 11.5 Å². The Kier molecular flexibility index (Phi) is 29.4. The first-order valence-corrected chi connectivity index (χ1v) is 43.0. The van der Waals surface area contributed by atoms with Crippen LogP contribution in [0.15, 0.2) is 146 Å². The Bertz CT molecular complexity index is 5400. The number of fused-ring (bicyclic) bond motifs is 2. The van der Waals surface area contributed by atoms with Crippen molar-refractivity contribution >= 4 is 86.8 Å². The van der Waals surface area contributed by atoms with E-state index in [1.54, 1.807) is 165 Å². The van der Waals surface area contributed by atoms with Gasteiger partial charge in [0.05, 0.1) is 42.5 Å². The minimum absolute atomic E-state index is 0.00485. The Morgan fingerprint density at radius 1 is 0.504 bits per heavy atom. The van der Waals surface area contributed by atoms with Gasteiger partial charge in [0, 0.05) is 59.3 Å². The van der Waals surface area contributed by atoms with E-state index in [0.717, 1.165) is 31.3 Å². The van der Waals surface area contributed by atoms with Gasteiger partial charge in [-0.25, -0.2) is 19.0 Å². The monoisotopic (exact) mass is 1740 g/mol. The van der Waals surface area contributed by atoms with Crippen molar-refractivity contribution < 1.29 is 76.4 Å². The number of carbonyl (C=O) groups is 11. The summed E-state index contributed by atoms with van der Waals surface area (Å²) in [5.41, 5.74) is -1.50. The zero-order valence-corrected chi connectivity index (χ0v) is 76.0. The van der Waals surface area contributed by atoms with Gasteiger partial charge in [-0.1, -0.05) is 161 Å². The average molecular weight is 1740 g/mol. The molecule has 127 heavy (non-hydrogen) atoms. The number of carbonyl (C=O) groups excluding carboxylic acids is 11. The molecule has 0 radical (unpaired) electrons. The van der Waals surface area contributed by atoms with Gasteiger partial charge in [-0.3, -0.25) is 53.0 Å². The summed E-state index contributed by atoms with van der Waals surface area (Å²) < 4.78 is 32.8. The molecule has 6 aliphatic rings. The number of rotatable bonds is 13. The third kappa shape index (κ3) is 25.1. The van der Waals surface area contributed by atoms with E-state index < -0.39 is 172 Å². The summed E-state index contributed by atoms with van der Waals surface area (Å²) in [6, 6.07) is 29.9. The van der Waals surface area contributed by atoms with Gasteiger partial charge >= 0.3 is 18.2 Å². The molecule has 2 aromatic heterocycles. The molecule has 6 aromatic carbocycles. The van der Waals surface area contributed by atoms with Crippen LogP contribution in [-0.4, -0.2) is 213 Å². The number of ether oxygens (including phenoxy) is 5. The number of ketones is 1. The predicted molar refractivity (Wildman–Crippen MR) is 473 cm³/mol. The lowest BCUT2D eigenvalue weighted by atomic mass is 9.85. The fourth-order valence-electron chi connectivity index (χ4n) is 15.5. The number of aromatic nitrogens is 6. The minimum atomic E-state index is -1.34. The summed E-state index contributed by atoms with van der Waals surface area (Å²) in [5, 5.41) is 47.1. The van der Waals surface area contributed by atoms with Gasteiger partial charge < -0.3 is 60.1 Å². The summed E-state index contributed by atoms with van der Waals surface area (Å²) in [4.78, 5) is 168. The fraction of sp³-hybridized carbons (Fsp3) is 0.495. The van der Waals surface area contributed by atoms with Crippen LogP contribution in [0.4, 0.5) is 9.59 Å². The first-order valence-electron chi connectivity index (χ1n) is 43.0. The second-order valence-electron chi connectivity index (χ2n) is 38.6. The number of hydrogen-bond donors (Lipinski definition) is 5. The number of likely N-dealkylation sites (N-methyl/N-ethyl adjacent to an activating group) is 2. The number of nitrogens with zero attached hydrogens (tertiary/aromatic N) is 11. The summed E-state index contributed by atoms with van der Waals surface area (Å²) >= 11 is 0. The van der Waals surface area contributed by atoms with E-state index in [1.807, 2.05) is 84.9 Å². The molecule has 32 heteroatoms. The molecule has 2 fully saturated rings. The van der Waals surface area contributed by atoms with Crippen LogP contribution in [0.3, 0.4) is 0 Å². The molecule has 9 amide bonds. The normalized spacial score (nSPS) is 20.6. The maximum Gasteiger partial charge on any atom is 0.410 e. The first kappa shape index (κ1) is 94.8. The van der Waals surface area contributed by atoms with Gasteiger partial charge in [-0.15, -0.1) is 10.2 Å². The van der Waals surface area contributed by atoms with Gasteiger partial charge in [-0.2, -0.15) is 5.26 Å². The number of likely N-dealkylation sites (tertiary alicyclic amines) is 2. The maximum atomic E-state index is 15.7. The molecule has 5 N–H and O–H groups in total. The number of esters is 1. The molecule has 14 rings (SSSR count). The van der Waals surface area contributed by atoms with E-state index in [2.05, 4.69) is 53.3 Å². The molecule has 0 spiro atoms. The number of amides is 9. The lowest BCUT2D eigenvalue weighted by Gasteiger charge is -2.37.